The van der Waals surface area contributed by atoms with Crippen LogP contribution < -0.4 is 11.1 Å². The molecule has 0 aliphatic rings. The van der Waals surface area contributed by atoms with Crippen molar-refractivity contribution >= 4 is 17.5 Å². The number of carbonyl (C=O) groups excluding carboxylic acids is 1. The molecule has 2 aromatic carbocycles. The van der Waals surface area contributed by atoms with Gasteiger partial charge in [-0.05, 0) is 58.9 Å². The van der Waals surface area contributed by atoms with E-state index in [1.165, 1.54) is 0 Å². The quantitative estimate of drug-likeness (QED) is 0.775. The van der Waals surface area contributed by atoms with Crippen LogP contribution in [0.3, 0.4) is 0 Å². The van der Waals surface area contributed by atoms with Crippen molar-refractivity contribution in [1.82, 2.24) is 0 Å². The summed E-state index contributed by atoms with van der Waals surface area (Å²) < 4.78 is 5.34. The first-order chi connectivity index (χ1) is 10.7. The largest absolute Gasteiger partial charge is 0.444 e. The van der Waals surface area contributed by atoms with Crippen LogP contribution in [0, 0.1) is 13.8 Å². The number of nitrogens with one attached hydrogen (secondary N) is 1. The SMILES string of the molecule is Cc1ccc(N)c(-c2cc(C)ccc2NC(=O)OC(C)(C)C)c1. The van der Waals surface area contributed by atoms with E-state index in [9.17, 15) is 4.79 Å². The third-order valence-electron chi connectivity index (χ3n) is 3.31. The molecule has 0 unspecified atom stereocenters. The Morgan fingerprint density at radius 2 is 1.57 bits per heavy atom. The maximum absolute atomic E-state index is 12.1. The second kappa shape index (κ2) is 6.32. The summed E-state index contributed by atoms with van der Waals surface area (Å²) in [6, 6.07) is 11.7. The molecule has 0 radical (unpaired) electrons. The van der Waals surface area contributed by atoms with E-state index in [0.717, 1.165) is 22.3 Å². The van der Waals surface area contributed by atoms with Crippen LogP contribution >= 0.6 is 0 Å². The van der Waals surface area contributed by atoms with Gasteiger partial charge in [-0.3, -0.25) is 5.32 Å². The van der Waals surface area contributed by atoms with Crippen LogP contribution in [0.5, 0.6) is 0 Å². The molecule has 0 fully saturated rings. The average Bonchev–Trinajstić information content (AvgIpc) is 2.41. The van der Waals surface area contributed by atoms with Crippen LogP contribution in [0.15, 0.2) is 36.4 Å². The first-order valence-electron chi connectivity index (χ1n) is 7.63. The van der Waals surface area contributed by atoms with Crippen LogP contribution in [0.25, 0.3) is 11.1 Å². The number of nitrogen functional groups attached to an aromatic ring is 1. The lowest BCUT2D eigenvalue weighted by Crippen LogP contribution is -2.27. The predicted molar refractivity (Wildman–Crippen MR) is 95.6 cm³/mol. The molecule has 4 heteroatoms. The van der Waals surface area contributed by atoms with Gasteiger partial charge >= 0.3 is 6.09 Å². The van der Waals surface area contributed by atoms with Crippen LogP contribution in [0.1, 0.15) is 31.9 Å². The Labute approximate surface area is 137 Å². The Morgan fingerprint density at radius 1 is 1.00 bits per heavy atom. The fourth-order valence-corrected chi connectivity index (χ4v) is 2.31. The number of carbonyl (C=O) groups is 1. The van der Waals surface area contributed by atoms with Crippen molar-refractivity contribution in [1.29, 1.82) is 0 Å². The summed E-state index contributed by atoms with van der Waals surface area (Å²) in [5, 5.41) is 2.82. The third-order valence-corrected chi connectivity index (χ3v) is 3.31. The van der Waals surface area contributed by atoms with Gasteiger partial charge in [-0.1, -0.05) is 23.3 Å². The minimum atomic E-state index is -0.544. The van der Waals surface area contributed by atoms with Crippen molar-refractivity contribution in [2.75, 3.05) is 11.1 Å². The molecule has 0 spiro atoms. The van der Waals surface area contributed by atoms with Gasteiger partial charge in [-0.25, -0.2) is 4.79 Å². The van der Waals surface area contributed by atoms with Crippen molar-refractivity contribution in [2.45, 2.75) is 40.2 Å². The van der Waals surface area contributed by atoms with Crippen LogP contribution in [-0.4, -0.2) is 11.7 Å². The number of aryl methyl sites for hydroxylation is 2. The molecule has 0 saturated carbocycles. The summed E-state index contributed by atoms with van der Waals surface area (Å²) in [6.07, 6.45) is -0.478. The van der Waals surface area contributed by atoms with E-state index in [4.69, 9.17) is 10.5 Å². The first kappa shape index (κ1) is 16.9. The first-order valence-corrected chi connectivity index (χ1v) is 7.63. The second-order valence-corrected chi connectivity index (χ2v) is 6.77. The molecule has 1 amide bonds. The summed E-state index contributed by atoms with van der Waals surface area (Å²) in [4.78, 5) is 12.1. The van der Waals surface area contributed by atoms with Crippen LogP contribution in [-0.2, 0) is 4.74 Å². The van der Waals surface area contributed by atoms with E-state index >= 15 is 0 Å². The van der Waals surface area contributed by atoms with Gasteiger partial charge in [0.05, 0.1) is 5.69 Å². The van der Waals surface area contributed by atoms with Gasteiger partial charge in [-0.15, -0.1) is 0 Å². The molecular weight excluding hydrogens is 288 g/mol. The van der Waals surface area contributed by atoms with Gasteiger partial charge in [0.15, 0.2) is 0 Å². The number of nitrogens with two attached hydrogens (primary N) is 1. The highest BCUT2D eigenvalue weighted by Crippen LogP contribution is 2.34. The lowest BCUT2D eigenvalue weighted by molar-refractivity contribution is 0.0636. The highest BCUT2D eigenvalue weighted by atomic mass is 16.6. The highest BCUT2D eigenvalue weighted by molar-refractivity contribution is 5.94. The van der Waals surface area contributed by atoms with Gasteiger partial charge in [0.1, 0.15) is 5.60 Å². The Balaban J connectivity index is 2.42. The third kappa shape index (κ3) is 4.49. The number of rotatable bonds is 2. The van der Waals surface area contributed by atoms with Crippen molar-refractivity contribution < 1.29 is 9.53 Å². The molecule has 0 saturated heterocycles. The summed E-state index contributed by atoms with van der Waals surface area (Å²) in [5.41, 5.74) is 10.9. The van der Waals surface area contributed by atoms with Gasteiger partial charge in [0.2, 0.25) is 0 Å². The Bertz CT molecular complexity index is 731. The molecule has 2 rings (SSSR count). The van der Waals surface area contributed by atoms with E-state index in [2.05, 4.69) is 5.32 Å². The Morgan fingerprint density at radius 3 is 2.17 bits per heavy atom. The summed E-state index contributed by atoms with van der Waals surface area (Å²) in [7, 11) is 0. The Kier molecular flexibility index (Phi) is 4.64. The molecule has 0 aromatic heterocycles. The normalized spacial score (nSPS) is 11.2. The molecule has 0 atom stereocenters. The fraction of sp³-hybridized carbons (Fsp3) is 0.316. The zero-order valence-corrected chi connectivity index (χ0v) is 14.4. The zero-order chi connectivity index (χ0) is 17.2. The summed E-state index contributed by atoms with van der Waals surface area (Å²) in [6.45, 7) is 9.52. The van der Waals surface area contributed by atoms with E-state index in [1.807, 2.05) is 71.0 Å². The summed E-state index contributed by atoms with van der Waals surface area (Å²) >= 11 is 0. The minimum Gasteiger partial charge on any atom is -0.444 e. The smallest absolute Gasteiger partial charge is 0.412 e. The number of amides is 1. The van der Waals surface area contributed by atoms with Crippen molar-refractivity contribution in [2.24, 2.45) is 0 Å². The number of ether oxygens (including phenoxy) is 1. The zero-order valence-electron chi connectivity index (χ0n) is 14.4. The van der Waals surface area contributed by atoms with Crippen molar-refractivity contribution in [3.63, 3.8) is 0 Å². The molecule has 0 bridgehead atoms. The molecule has 122 valence electrons. The number of benzene rings is 2. The lowest BCUT2D eigenvalue weighted by atomic mass is 9.98. The molecule has 4 nitrogen and oxygen atoms in total. The van der Waals surface area contributed by atoms with E-state index in [1.54, 1.807) is 0 Å². The van der Waals surface area contributed by atoms with Gasteiger partial charge in [0.25, 0.3) is 0 Å². The maximum atomic E-state index is 12.1. The van der Waals surface area contributed by atoms with Gasteiger partial charge < -0.3 is 10.5 Å². The molecule has 3 N–H and O–H groups in total. The standard InChI is InChI=1S/C19H24N2O2/c1-12-6-8-16(20)14(10-12)15-11-13(2)7-9-17(15)21-18(22)23-19(3,4)5/h6-11H,20H2,1-5H3,(H,21,22). The molecule has 2 aromatic rings. The predicted octanol–water partition coefficient (Wildman–Crippen LogP) is 4.90. The summed E-state index contributed by atoms with van der Waals surface area (Å²) in [5.74, 6) is 0. The fourth-order valence-electron chi connectivity index (χ4n) is 2.31. The maximum Gasteiger partial charge on any atom is 0.412 e. The van der Waals surface area contributed by atoms with Gasteiger partial charge in [0, 0.05) is 16.8 Å². The monoisotopic (exact) mass is 312 g/mol. The van der Waals surface area contributed by atoms with Crippen LogP contribution in [0.2, 0.25) is 0 Å². The molecule has 0 aliphatic heterocycles. The van der Waals surface area contributed by atoms with E-state index in [0.29, 0.717) is 11.4 Å². The van der Waals surface area contributed by atoms with E-state index in [-0.39, 0.29) is 0 Å². The Hall–Kier alpha value is -2.49. The number of hydrogen-bond donors (Lipinski definition) is 2. The topological polar surface area (TPSA) is 64.3 Å². The second-order valence-electron chi connectivity index (χ2n) is 6.77. The molecule has 0 aliphatic carbocycles. The minimum absolute atomic E-state index is 0.478. The van der Waals surface area contributed by atoms with Crippen molar-refractivity contribution in [3.05, 3.63) is 47.5 Å². The molecule has 23 heavy (non-hydrogen) atoms. The number of hydrogen-bond acceptors (Lipinski definition) is 3. The molecule has 0 heterocycles. The van der Waals surface area contributed by atoms with Crippen LogP contribution in [0.4, 0.5) is 16.2 Å². The van der Waals surface area contributed by atoms with Crippen molar-refractivity contribution in [3.8, 4) is 11.1 Å². The molecular formula is C19H24N2O2. The van der Waals surface area contributed by atoms with Gasteiger partial charge in [-0.2, -0.15) is 0 Å². The highest BCUT2D eigenvalue weighted by Gasteiger charge is 2.18. The van der Waals surface area contributed by atoms with E-state index < -0.39 is 11.7 Å². The average molecular weight is 312 g/mol. The lowest BCUT2D eigenvalue weighted by Gasteiger charge is -2.21. The number of anilines is 2.